The molecule has 0 radical (unpaired) electrons. The number of hydrogen-bond acceptors (Lipinski definition) is 2. The molecule has 9 aromatic rings. The molecule has 5 unspecified atom stereocenters. The van der Waals surface area contributed by atoms with E-state index in [9.17, 15) is 0 Å². The molecule has 2 nitrogen and oxygen atoms in total. The molecule has 318 valence electrons. The van der Waals surface area contributed by atoms with Gasteiger partial charge >= 0.3 is 0 Å². The van der Waals surface area contributed by atoms with E-state index in [1.54, 1.807) is 5.56 Å². The monoisotopic (exact) mass is 858 g/mol. The van der Waals surface area contributed by atoms with Crippen molar-refractivity contribution < 1.29 is 0 Å². The van der Waals surface area contributed by atoms with E-state index in [0.29, 0.717) is 11.8 Å². The Kier molecular flexibility index (Phi) is 8.79. The van der Waals surface area contributed by atoms with E-state index in [-0.39, 0.29) is 5.41 Å². The molecule has 2 fully saturated rings. The van der Waals surface area contributed by atoms with Crippen molar-refractivity contribution in [1.82, 2.24) is 9.97 Å². The molecule has 5 atom stereocenters. The Bertz CT molecular complexity index is 3330. The Morgan fingerprint density at radius 1 is 0.523 bits per heavy atom. The van der Waals surface area contributed by atoms with Crippen molar-refractivity contribution >= 4 is 31.6 Å². The van der Waals surface area contributed by atoms with Gasteiger partial charge in [-0.1, -0.05) is 160 Å². The first-order valence-electron chi connectivity index (χ1n) is 23.9. The molecule has 8 aromatic carbocycles. The van der Waals surface area contributed by atoms with Gasteiger partial charge in [-0.2, -0.15) is 10.0 Å². The maximum Gasteiger partial charge on any atom is 0.161 e. The maximum absolute atomic E-state index is 5.66. The van der Waals surface area contributed by atoms with Gasteiger partial charge in [0.25, 0.3) is 0 Å². The Balaban J connectivity index is 1.17. The fourth-order valence-corrected chi connectivity index (χ4v) is 16.2. The molecule has 1 spiro atoms. The molecule has 13 rings (SSSR count). The number of benzene rings is 8. The minimum atomic E-state index is -1.31. The average Bonchev–Trinajstić information content (AvgIpc) is 3.79. The van der Waals surface area contributed by atoms with Crippen LogP contribution in [0.25, 0.3) is 88.8 Å². The van der Waals surface area contributed by atoms with Crippen molar-refractivity contribution in [2.45, 2.75) is 61.2 Å². The van der Waals surface area contributed by atoms with Crippen molar-refractivity contribution in [3.05, 3.63) is 181 Å². The molecular weight excluding hydrogens is 805 g/mol. The van der Waals surface area contributed by atoms with Gasteiger partial charge in [0.15, 0.2) is 5.82 Å². The van der Waals surface area contributed by atoms with E-state index < -0.39 is 10.0 Å². The minimum Gasteiger partial charge on any atom is -0.228 e. The third-order valence-corrected chi connectivity index (χ3v) is 19.4. The van der Waals surface area contributed by atoms with Crippen LogP contribution in [0.1, 0.15) is 57.1 Å². The van der Waals surface area contributed by atoms with Crippen LogP contribution in [0, 0.1) is 23.7 Å². The van der Waals surface area contributed by atoms with Crippen LogP contribution in [0.5, 0.6) is 0 Å². The summed E-state index contributed by atoms with van der Waals surface area (Å²) in [5.74, 6) is 3.37. The Hall–Kier alpha value is -6.29. The van der Waals surface area contributed by atoms with Gasteiger partial charge in [-0.3, -0.25) is 0 Å². The van der Waals surface area contributed by atoms with Gasteiger partial charge in [0, 0.05) is 43.0 Å². The minimum absolute atomic E-state index is 0.129. The predicted octanol–water partition coefficient (Wildman–Crippen LogP) is 16.7. The van der Waals surface area contributed by atoms with E-state index in [1.807, 2.05) is 0 Å². The van der Waals surface area contributed by atoms with Crippen molar-refractivity contribution in [1.29, 1.82) is 0 Å². The van der Waals surface area contributed by atoms with Gasteiger partial charge in [-0.15, -0.1) is 0 Å². The summed E-state index contributed by atoms with van der Waals surface area (Å²) in [6.07, 6.45) is 11.5. The summed E-state index contributed by atoms with van der Waals surface area (Å²) in [5, 5.41) is 5.39. The molecule has 2 saturated carbocycles. The number of hydrogen-bond donors (Lipinski definition) is 0. The lowest BCUT2D eigenvalue weighted by Crippen LogP contribution is -2.49. The zero-order chi connectivity index (χ0) is 43.6. The summed E-state index contributed by atoms with van der Waals surface area (Å²) in [4.78, 5) is 14.3. The summed E-state index contributed by atoms with van der Waals surface area (Å²) < 4.78 is 0. The lowest BCUT2D eigenvalue weighted by Gasteiger charge is -2.55. The first kappa shape index (κ1) is 39.1. The second kappa shape index (κ2) is 14.6. The third kappa shape index (κ3) is 5.67. The molecule has 1 aliphatic heterocycles. The number of nitrogens with zero attached hydrogens (tertiary/aromatic N) is 2. The van der Waals surface area contributed by atoms with E-state index >= 15 is 0 Å². The number of aromatic nitrogens is 2. The van der Waals surface area contributed by atoms with Crippen LogP contribution >= 0.6 is 10.0 Å². The predicted molar refractivity (Wildman–Crippen MR) is 275 cm³/mol. The third-order valence-electron chi connectivity index (χ3n) is 16.5. The molecule has 3 aliphatic carbocycles. The zero-order valence-electron chi connectivity index (χ0n) is 37.8. The molecule has 1 aromatic heterocycles. The highest BCUT2D eigenvalue weighted by atomic mass is 32.3. The highest BCUT2D eigenvalue weighted by Gasteiger charge is 2.57. The first-order valence-corrected chi connectivity index (χ1v) is 26.4. The van der Waals surface area contributed by atoms with Gasteiger partial charge < -0.3 is 0 Å². The van der Waals surface area contributed by atoms with Gasteiger partial charge in [0.1, 0.15) is 0 Å². The summed E-state index contributed by atoms with van der Waals surface area (Å²) >= 11 is 0. The zero-order valence-corrected chi connectivity index (χ0v) is 38.6. The standard InChI is InChI=1S/C62H54N2S/c1-5-39-32-40-31-38(2)62(45(33-39)34-40)53-36-52(61-63-54(43-19-8-6-9-20-43)37-55(64-61)44-21-10-7-11-22-44)50(35-51(53)49-29-27-42-18-13-15-24-47(42)60(49)62)48-25-16-26-56-59(48)58-46-23-14-12-17-41(46)28-30-57(58)65(56,3)4/h6-30,35-40,45H,5,31-34H2,1-4H3. The number of rotatable bonds is 5. The summed E-state index contributed by atoms with van der Waals surface area (Å²) in [7, 11) is -1.31. The van der Waals surface area contributed by atoms with Crippen LogP contribution < -0.4 is 0 Å². The van der Waals surface area contributed by atoms with Gasteiger partial charge in [0.05, 0.1) is 11.4 Å². The van der Waals surface area contributed by atoms with Crippen molar-refractivity contribution in [2.75, 3.05) is 12.5 Å². The van der Waals surface area contributed by atoms with Gasteiger partial charge in [-0.05, 0) is 147 Å². The second-order valence-corrected chi connectivity index (χ2v) is 23.6. The fraction of sp³-hybridized carbons (Fsp3) is 0.226. The normalized spacial score (nSPS) is 22.6. The van der Waals surface area contributed by atoms with Crippen LogP contribution in [0.2, 0.25) is 0 Å². The smallest absolute Gasteiger partial charge is 0.161 e. The van der Waals surface area contributed by atoms with Crippen LogP contribution in [-0.4, -0.2) is 22.5 Å². The lowest BCUT2D eigenvalue weighted by atomic mass is 9.49. The Labute approximate surface area is 385 Å². The van der Waals surface area contributed by atoms with Crippen LogP contribution in [-0.2, 0) is 5.41 Å². The van der Waals surface area contributed by atoms with Crippen LogP contribution in [0.4, 0.5) is 0 Å². The SMILES string of the molecule is CCC1CC2CC(C)C3(c4cc(-c5nc(-c6ccccc6)cc(-c6ccccc6)n5)c(-c5cccc6c5-c5c(ccc7ccccc57)S6(C)C)cc4-c4ccc5ccccc5c43)C(C1)C2. The van der Waals surface area contributed by atoms with Gasteiger partial charge in [0.2, 0.25) is 0 Å². The molecule has 4 aliphatic rings. The van der Waals surface area contributed by atoms with Crippen LogP contribution in [0.3, 0.4) is 0 Å². The van der Waals surface area contributed by atoms with Crippen molar-refractivity contribution in [3.8, 4) is 67.3 Å². The first-order chi connectivity index (χ1) is 31.8. The average molecular weight is 859 g/mol. The second-order valence-electron chi connectivity index (χ2n) is 20.1. The molecule has 2 heterocycles. The quantitative estimate of drug-likeness (QED) is 0.172. The molecule has 0 N–H and O–H groups in total. The summed E-state index contributed by atoms with van der Waals surface area (Å²) in [6, 6.07) is 63.9. The molecule has 2 bridgehead atoms. The topological polar surface area (TPSA) is 25.8 Å². The Morgan fingerprint density at radius 2 is 1.17 bits per heavy atom. The van der Waals surface area contributed by atoms with Gasteiger partial charge in [-0.25, -0.2) is 9.97 Å². The van der Waals surface area contributed by atoms with Crippen molar-refractivity contribution in [2.24, 2.45) is 23.7 Å². The maximum atomic E-state index is 5.66. The van der Waals surface area contributed by atoms with E-state index in [0.717, 1.165) is 45.7 Å². The van der Waals surface area contributed by atoms with E-state index in [4.69, 9.17) is 9.97 Å². The molecule has 3 heteroatoms. The highest BCUT2D eigenvalue weighted by Crippen LogP contribution is 2.71. The molecule has 65 heavy (non-hydrogen) atoms. The van der Waals surface area contributed by atoms with Crippen molar-refractivity contribution in [3.63, 3.8) is 0 Å². The van der Waals surface area contributed by atoms with E-state index in [1.165, 1.54) is 102 Å². The molecular formula is C62H54N2S. The van der Waals surface area contributed by atoms with E-state index in [2.05, 4.69) is 196 Å². The van der Waals surface area contributed by atoms with Crippen LogP contribution in [0.15, 0.2) is 180 Å². The Morgan fingerprint density at radius 3 is 1.89 bits per heavy atom. The lowest BCUT2D eigenvalue weighted by molar-refractivity contribution is 0.0375. The largest absolute Gasteiger partial charge is 0.228 e. The fourth-order valence-electron chi connectivity index (χ4n) is 13.7. The number of fused-ring (bicyclic) bond motifs is 15. The summed E-state index contributed by atoms with van der Waals surface area (Å²) in [5.41, 5.74) is 16.2. The highest BCUT2D eigenvalue weighted by molar-refractivity contribution is 8.33. The molecule has 0 amide bonds. The summed E-state index contributed by atoms with van der Waals surface area (Å²) in [6.45, 7) is 5.04. The molecule has 0 saturated heterocycles.